The van der Waals surface area contributed by atoms with Crippen LogP contribution in [0.5, 0.6) is 0 Å². The first-order valence-corrected chi connectivity index (χ1v) is 8.86. The summed E-state index contributed by atoms with van der Waals surface area (Å²) in [5.41, 5.74) is 1.36. The molecule has 144 valence electrons. The maximum atomic E-state index is 4.28. The van der Waals surface area contributed by atoms with E-state index < -0.39 is 0 Å². The van der Waals surface area contributed by atoms with E-state index in [1.54, 1.807) is 0 Å². The molecule has 0 saturated heterocycles. The Labute approximate surface area is 171 Å². The van der Waals surface area contributed by atoms with Crippen molar-refractivity contribution in [1.29, 1.82) is 0 Å². The molecule has 2 N–H and O–H groups in total. The van der Waals surface area contributed by atoms with Crippen molar-refractivity contribution in [3.05, 3.63) is 35.9 Å². The SMILES string of the molecule is CN=C(NCCCN(C)C)NCCC(C)N(C)Cc1ccccc1.I. The molecular weight excluding hydrogens is 425 g/mol. The second-order valence-corrected chi connectivity index (χ2v) is 6.62. The third-order valence-corrected chi connectivity index (χ3v) is 4.18. The van der Waals surface area contributed by atoms with Crippen LogP contribution in [-0.4, -0.2) is 69.6 Å². The average molecular weight is 461 g/mol. The van der Waals surface area contributed by atoms with E-state index in [0.717, 1.165) is 45.0 Å². The summed E-state index contributed by atoms with van der Waals surface area (Å²) in [5.74, 6) is 0.895. The molecule has 0 fully saturated rings. The van der Waals surface area contributed by atoms with Crippen LogP contribution < -0.4 is 10.6 Å². The summed E-state index contributed by atoms with van der Waals surface area (Å²) in [5, 5.41) is 6.77. The number of nitrogens with one attached hydrogen (secondary N) is 2. The number of benzene rings is 1. The highest BCUT2D eigenvalue weighted by atomic mass is 127. The van der Waals surface area contributed by atoms with Gasteiger partial charge in [0.15, 0.2) is 5.96 Å². The van der Waals surface area contributed by atoms with Crippen molar-refractivity contribution >= 4 is 29.9 Å². The molecule has 5 nitrogen and oxygen atoms in total. The normalized spacial score (nSPS) is 12.8. The van der Waals surface area contributed by atoms with Gasteiger partial charge in [-0.1, -0.05) is 30.3 Å². The van der Waals surface area contributed by atoms with Crippen LogP contribution in [0.25, 0.3) is 0 Å². The van der Waals surface area contributed by atoms with Gasteiger partial charge in [-0.2, -0.15) is 0 Å². The van der Waals surface area contributed by atoms with Gasteiger partial charge < -0.3 is 15.5 Å². The standard InChI is InChI=1S/C19H35N5.HI/c1-17(24(5)16-18-10-7-6-8-11-18)12-14-22-19(20-2)21-13-9-15-23(3)4;/h6-8,10-11,17H,9,12-16H2,1-5H3,(H2,20,21,22);1H. The highest BCUT2D eigenvalue weighted by molar-refractivity contribution is 14.0. The number of hydrogen-bond donors (Lipinski definition) is 2. The Bertz CT molecular complexity index is 464. The number of hydrogen-bond acceptors (Lipinski definition) is 3. The van der Waals surface area contributed by atoms with E-state index in [4.69, 9.17) is 0 Å². The Balaban J connectivity index is 0.00000576. The molecule has 0 bridgehead atoms. The Morgan fingerprint density at radius 3 is 2.32 bits per heavy atom. The lowest BCUT2D eigenvalue weighted by Gasteiger charge is -2.25. The van der Waals surface area contributed by atoms with E-state index in [9.17, 15) is 0 Å². The summed E-state index contributed by atoms with van der Waals surface area (Å²) in [4.78, 5) is 8.87. The molecule has 1 aromatic rings. The summed E-state index contributed by atoms with van der Waals surface area (Å²) >= 11 is 0. The number of guanidine groups is 1. The quantitative estimate of drug-likeness (QED) is 0.243. The number of nitrogens with zero attached hydrogens (tertiary/aromatic N) is 3. The lowest BCUT2D eigenvalue weighted by molar-refractivity contribution is 0.238. The fraction of sp³-hybridized carbons (Fsp3) is 0.632. The Kier molecular flexibility index (Phi) is 13.8. The molecule has 0 aromatic heterocycles. The summed E-state index contributed by atoms with van der Waals surface area (Å²) in [6, 6.07) is 11.1. The van der Waals surface area contributed by atoms with Gasteiger partial charge in [-0.05, 0) is 53.0 Å². The molecule has 0 aliphatic heterocycles. The first-order valence-electron chi connectivity index (χ1n) is 8.86. The van der Waals surface area contributed by atoms with Crippen molar-refractivity contribution in [2.75, 3.05) is 47.8 Å². The molecule has 0 saturated carbocycles. The molecule has 1 unspecified atom stereocenters. The minimum absolute atomic E-state index is 0. The number of halogens is 1. The molecular formula is C19H36IN5. The van der Waals surface area contributed by atoms with E-state index >= 15 is 0 Å². The van der Waals surface area contributed by atoms with Crippen molar-refractivity contribution in [3.63, 3.8) is 0 Å². The maximum Gasteiger partial charge on any atom is 0.190 e. The monoisotopic (exact) mass is 461 g/mol. The minimum Gasteiger partial charge on any atom is -0.356 e. The number of aliphatic imine (C=N–C) groups is 1. The first kappa shape index (κ1) is 24.1. The van der Waals surface area contributed by atoms with Crippen LogP contribution in [0.1, 0.15) is 25.3 Å². The zero-order valence-corrected chi connectivity index (χ0v) is 18.8. The predicted octanol–water partition coefficient (Wildman–Crippen LogP) is 2.63. The van der Waals surface area contributed by atoms with Crippen LogP contribution in [0.15, 0.2) is 35.3 Å². The molecule has 0 radical (unpaired) electrons. The minimum atomic E-state index is 0. The third-order valence-electron chi connectivity index (χ3n) is 4.18. The van der Waals surface area contributed by atoms with Crippen LogP contribution in [-0.2, 0) is 6.54 Å². The van der Waals surface area contributed by atoms with Crippen LogP contribution in [0, 0.1) is 0 Å². The van der Waals surface area contributed by atoms with Gasteiger partial charge in [-0.15, -0.1) is 24.0 Å². The Morgan fingerprint density at radius 2 is 1.72 bits per heavy atom. The highest BCUT2D eigenvalue weighted by Gasteiger charge is 2.09. The molecule has 25 heavy (non-hydrogen) atoms. The summed E-state index contributed by atoms with van der Waals surface area (Å²) < 4.78 is 0. The lowest BCUT2D eigenvalue weighted by Crippen LogP contribution is -2.40. The molecule has 6 heteroatoms. The van der Waals surface area contributed by atoms with Crippen LogP contribution >= 0.6 is 24.0 Å². The van der Waals surface area contributed by atoms with Crippen LogP contribution in [0.4, 0.5) is 0 Å². The van der Waals surface area contributed by atoms with Gasteiger partial charge in [0.25, 0.3) is 0 Å². The van der Waals surface area contributed by atoms with Crippen molar-refractivity contribution < 1.29 is 0 Å². The van der Waals surface area contributed by atoms with Crippen molar-refractivity contribution in [3.8, 4) is 0 Å². The zero-order valence-electron chi connectivity index (χ0n) is 16.5. The molecule has 0 aliphatic carbocycles. The third kappa shape index (κ3) is 11.4. The van der Waals surface area contributed by atoms with Gasteiger partial charge >= 0.3 is 0 Å². The van der Waals surface area contributed by atoms with E-state index in [2.05, 4.69) is 83.8 Å². The van der Waals surface area contributed by atoms with Gasteiger partial charge in [-0.3, -0.25) is 9.89 Å². The van der Waals surface area contributed by atoms with Crippen molar-refractivity contribution in [2.45, 2.75) is 32.4 Å². The molecule has 1 rings (SSSR count). The molecule has 1 aromatic carbocycles. The van der Waals surface area contributed by atoms with Gasteiger partial charge in [0, 0.05) is 32.7 Å². The molecule has 1 atom stereocenters. The fourth-order valence-electron chi connectivity index (χ4n) is 2.47. The summed E-state index contributed by atoms with van der Waals surface area (Å²) in [7, 11) is 8.21. The van der Waals surface area contributed by atoms with Crippen molar-refractivity contribution in [2.24, 2.45) is 4.99 Å². The Morgan fingerprint density at radius 1 is 1.08 bits per heavy atom. The van der Waals surface area contributed by atoms with E-state index in [0.29, 0.717) is 6.04 Å². The van der Waals surface area contributed by atoms with Crippen molar-refractivity contribution in [1.82, 2.24) is 20.4 Å². The lowest BCUT2D eigenvalue weighted by atomic mass is 10.1. The second kappa shape index (κ2) is 14.3. The molecule has 0 aliphatic rings. The smallest absolute Gasteiger partial charge is 0.190 e. The zero-order chi connectivity index (χ0) is 17.8. The molecule has 0 heterocycles. The Hall–Kier alpha value is -0.860. The highest BCUT2D eigenvalue weighted by Crippen LogP contribution is 2.07. The van der Waals surface area contributed by atoms with Gasteiger partial charge in [0.2, 0.25) is 0 Å². The molecule has 0 amide bonds. The molecule has 0 spiro atoms. The van der Waals surface area contributed by atoms with Gasteiger partial charge in [0.05, 0.1) is 0 Å². The fourth-order valence-corrected chi connectivity index (χ4v) is 2.47. The van der Waals surface area contributed by atoms with Gasteiger partial charge in [-0.25, -0.2) is 0 Å². The number of rotatable bonds is 10. The van der Waals surface area contributed by atoms with Crippen LogP contribution in [0.2, 0.25) is 0 Å². The second-order valence-electron chi connectivity index (χ2n) is 6.62. The topological polar surface area (TPSA) is 42.9 Å². The predicted molar refractivity (Wildman–Crippen MR) is 120 cm³/mol. The van der Waals surface area contributed by atoms with E-state index in [1.165, 1.54) is 5.56 Å². The average Bonchev–Trinajstić information content (AvgIpc) is 2.57. The van der Waals surface area contributed by atoms with E-state index in [1.807, 2.05) is 7.05 Å². The first-order chi connectivity index (χ1) is 11.5. The largest absolute Gasteiger partial charge is 0.356 e. The maximum absolute atomic E-state index is 4.28. The van der Waals surface area contributed by atoms with Gasteiger partial charge in [0.1, 0.15) is 0 Å². The summed E-state index contributed by atoms with van der Waals surface area (Å²) in [6.45, 7) is 6.22. The van der Waals surface area contributed by atoms with Crippen LogP contribution in [0.3, 0.4) is 0 Å². The van der Waals surface area contributed by atoms with E-state index in [-0.39, 0.29) is 24.0 Å². The summed E-state index contributed by atoms with van der Waals surface area (Å²) in [6.07, 6.45) is 2.20.